The lowest BCUT2D eigenvalue weighted by molar-refractivity contribution is -0.141. The van der Waals surface area contributed by atoms with Gasteiger partial charge in [-0.1, -0.05) is 44.2 Å². The molecule has 1 amide bonds. The van der Waals surface area contributed by atoms with Crippen molar-refractivity contribution in [2.24, 2.45) is 11.8 Å². The summed E-state index contributed by atoms with van der Waals surface area (Å²) in [5.41, 5.74) is 1.39. The van der Waals surface area contributed by atoms with Crippen molar-refractivity contribution in [3.05, 3.63) is 59.7 Å². The van der Waals surface area contributed by atoms with Crippen LogP contribution in [0.2, 0.25) is 0 Å². The molecule has 3 rings (SSSR count). The minimum atomic E-state index is -0.885. The van der Waals surface area contributed by atoms with Crippen molar-refractivity contribution in [1.82, 2.24) is 4.90 Å². The summed E-state index contributed by atoms with van der Waals surface area (Å²) in [4.78, 5) is 26.5. The zero-order valence-electron chi connectivity index (χ0n) is 17.0. The molecule has 1 fully saturated rings. The van der Waals surface area contributed by atoms with Crippen molar-refractivity contribution in [3.63, 3.8) is 0 Å². The molecule has 1 heterocycles. The Balaban J connectivity index is 1.80. The number of carbonyl (C=O) groups is 2. The van der Waals surface area contributed by atoms with Gasteiger partial charge in [-0.3, -0.25) is 9.59 Å². The molecule has 1 aliphatic heterocycles. The Hall–Kier alpha value is -3.02. The largest absolute Gasteiger partial charge is 0.493 e. The number of rotatable bonds is 7. The fourth-order valence-electron chi connectivity index (χ4n) is 3.62. The average Bonchev–Trinajstić information content (AvgIpc) is 3.18. The van der Waals surface area contributed by atoms with Gasteiger partial charge in [0.2, 0.25) is 0 Å². The smallest absolute Gasteiger partial charge is 0.308 e. The maximum atomic E-state index is 13.1. The maximum Gasteiger partial charge on any atom is 0.308 e. The van der Waals surface area contributed by atoms with Crippen molar-refractivity contribution in [2.75, 3.05) is 26.8 Å². The van der Waals surface area contributed by atoms with Crippen LogP contribution in [0.25, 0.3) is 0 Å². The molecular weight excluding hydrogens is 370 g/mol. The van der Waals surface area contributed by atoms with Crippen LogP contribution in [0.15, 0.2) is 48.5 Å². The molecule has 0 saturated carbocycles. The monoisotopic (exact) mass is 397 g/mol. The highest BCUT2D eigenvalue weighted by molar-refractivity contribution is 5.95. The molecule has 1 aliphatic rings. The summed E-state index contributed by atoms with van der Waals surface area (Å²) in [7, 11) is 1.54. The van der Waals surface area contributed by atoms with Gasteiger partial charge in [0.15, 0.2) is 11.5 Å². The predicted octanol–water partition coefficient (Wildman–Crippen LogP) is 3.67. The fourth-order valence-corrected chi connectivity index (χ4v) is 3.62. The summed E-state index contributed by atoms with van der Waals surface area (Å²) in [6.07, 6.45) is 0. The molecule has 1 saturated heterocycles. The Morgan fingerprint density at radius 1 is 1.10 bits per heavy atom. The third-order valence-corrected chi connectivity index (χ3v) is 5.13. The zero-order valence-corrected chi connectivity index (χ0v) is 17.0. The summed E-state index contributed by atoms with van der Waals surface area (Å²) >= 11 is 0. The lowest BCUT2D eigenvalue weighted by atomic mass is 9.89. The van der Waals surface area contributed by atoms with E-state index in [4.69, 9.17) is 9.47 Å². The third kappa shape index (κ3) is 4.70. The Labute approximate surface area is 171 Å². The van der Waals surface area contributed by atoms with E-state index in [1.54, 1.807) is 23.1 Å². The van der Waals surface area contributed by atoms with Crippen LogP contribution in [0.5, 0.6) is 11.5 Å². The van der Waals surface area contributed by atoms with Gasteiger partial charge in [-0.15, -0.1) is 0 Å². The number of likely N-dealkylation sites (tertiary alicyclic amines) is 1. The summed E-state index contributed by atoms with van der Waals surface area (Å²) in [6, 6.07) is 14.6. The standard InChI is InChI=1S/C23H27NO5/c1-15(2)14-29-20-10-9-17(11-21(20)28-3)22(25)24-12-18(19(13-24)23(26)27)16-7-5-4-6-8-16/h4-11,15,18-19H,12-14H2,1-3H3,(H,26,27)/t18-,19-/m0/s1. The lowest BCUT2D eigenvalue weighted by Crippen LogP contribution is -2.29. The van der Waals surface area contributed by atoms with E-state index in [9.17, 15) is 14.7 Å². The summed E-state index contributed by atoms with van der Waals surface area (Å²) in [5, 5.41) is 9.66. The first-order chi connectivity index (χ1) is 13.9. The highest BCUT2D eigenvalue weighted by atomic mass is 16.5. The van der Waals surface area contributed by atoms with Crippen molar-refractivity contribution in [2.45, 2.75) is 19.8 Å². The van der Waals surface area contributed by atoms with Gasteiger partial charge in [0.25, 0.3) is 5.91 Å². The van der Waals surface area contributed by atoms with Gasteiger partial charge in [-0.05, 0) is 29.7 Å². The molecule has 29 heavy (non-hydrogen) atoms. The second-order valence-electron chi connectivity index (χ2n) is 7.74. The molecule has 0 bridgehead atoms. The molecule has 2 aromatic carbocycles. The number of methoxy groups -OCH3 is 1. The first-order valence-corrected chi connectivity index (χ1v) is 9.78. The van der Waals surface area contributed by atoms with Crippen LogP contribution in [0, 0.1) is 11.8 Å². The predicted molar refractivity (Wildman–Crippen MR) is 110 cm³/mol. The average molecular weight is 397 g/mol. The number of nitrogens with zero attached hydrogens (tertiary/aromatic N) is 1. The van der Waals surface area contributed by atoms with Crippen LogP contribution in [0.3, 0.4) is 0 Å². The molecule has 154 valence electrons. The minimum absolute atomic E-state index is 0.182. The SMILES string of the molecule is COc1cc(C(=O)N2C[C@H](C(=O)O)[C@H](c3ccccc3)C2)ccc1OCC(C)C. The van der Waals surface area contributed by atoms with E-state index in [0.717, 1.165) is 5.56 Å². The van der Waals surface area contributed by atoms with E-state index in [1.165, 1.54) is 7.11 Å². The topological polar surface area (TPSA) is 76.1 Å². The van der Waals surface area contributed by atoms with E-state index < -0.39 is 11.9 Å². The van der Waals surface area contributed by atoms with Crippen molar-refractivity contribution in [1.29, 1.82) is 0 Å². The highest BCUT2D eigenvalue weighted by Gasteiger charge is 2.40. The van der Waals surface area contributed by atoms with Crippen LogP contribution in [-0.2, 0) is 4.79 Å². The van der Waals surface area contributed by atoms with Crippen LogP contribution in [0.4, 0.5) is 0 Å². The van der Waals surface area contributed by atoms with E-state index in [0.29, 0.717) is 36.1 Å². The Morgan fingerprint density at radius 2 is 1.83 bits per heavy atom. The molecule has 1 N–H and O–H groups in total. The first kappa shape index (κ1) is 20.7. The number of carboxylic acid groups (broad SMARTS) is 1. The molecule has 0 unspecified atom stereocenters. The molecule has 6 heteroatoms. The van der Waals surface area contributed by atoms with Gasteiger partial charge in [0.1, 0.15) is 0 Å². The molecule has 2 atom stereocenters. The van der Waals surface area contributed by atoms with Crippen molar-refractivity contribution in [3.8, 4) is 11.5 Å². The number of ether oxygens (including phenoxy) is 2. The Morgan fingerprint density at radius 3 is 2.45 bits per heavy atom. The van der Waals surface area contributed by atoms with Gasteiger partial charge < -0.3 is 19.5 Å². The van der Waals surface area contributed by atoms with Crippen LogP contribution < -0.4 is 9.47 Å². The summed E-state index contributed by atoms with van der Waals surface area (Å²) in [6.45, 7) is 5.21. The van der Waals surface area contributed by atoms with E-state index in [1.807, 2.05) is 30.3 Å². The minimum Gasteiger partial charge on any atom is -0.493 e. The second-order valence-corrected chi connectivity index (χ2v) is 7.74. The first-order valence-electron chi connectivity index (χ1n) is 9.78. The summed E-state index contributed by atoms with van der Waals surface area (Å²) < 4.78 is 11.1. The number of hydrogen-bond acceptors (Lipinski definition) is 4. The van der Waals surface area contributed by atoms with E-state index in [-0.39, 0.29) is 18.4 Å². The second kappa shape index (κ2) is 8.99. The third-order valence-electron chi connectivity index (χ3n) is 5.13. The number of hydrogen-bond donors (Lipinski definition) is 1. The molecule has 6 nitrogen and oxygen atoms in total. The molecule has 0 spiro atoms. The molecule has 2 aromatic rings. The van der Waals surface area contributed by atoms with Crippen molar-refractivity contribution >= 4 is 11.9 Å². The van der Waals surface area contributed by atoms with Gasteiger partial charge >= 0.3 is 5.97 Å². The quantitative estimate of drug-likeness (QED) is 0.771. The number of aliphatic carboxylic acids is 1. The van der Waals surface area contributed by atoms with E-state index in [2.05, 4.69) is 13.8 Å². The molecule has 0 aromatic heterocycles. The van der Waals surface area contributed by atoms with Crippen LogP contribution >= 0.6 is 0 Å². The van der Waals surface area contributed by atoms with Crippen LogP contribution in [-0.4, -0.2) is 48.7 Å². The Kier molecular flexibility index (Phi) is 6.42. The lowest BCUT2D eigenvalue weighted by Gasteiger charge is -2.18. The zero-order chi connectivity index (χ0) is 21.0. The normalized spacial score (nSPS) is 18.7. The number of benzene rings is 2. The van der Waals surface area contributed by atoms with Gasteiger partial charge in [0, 0.05) is 24.6 Å². The molecular formula is C23H27NO5. The molecule has 0 aliphatic carbocycles. The number of amides is 1. The molecule has 0 radical (unpaired) electrons. The highest BCUT2D eigenvalue weighted by Crippen LogP contribution is 2.35. The maximum absolute atomic E-state index is 13.1. The summed E-state index contributed by atoms with van der Waals surface area (Å²) in [5.74, 6) is -0.499. The number of carboxylic acids is 1. The van der Waals surface area contributed by atoms with Gasteiger partial charge in [-0.2, -0.15) is 0 Å². The number of carbonyl (C=O) groups excluding carboxylic acids is 1. The van der Waals surface area contributed by atoms with Gasteiger partial charge in [-0.25, -0.2) is 0 Å². The Bertz CT molecular complexity index is 865. The fraction of sp³-hybridized carbons (Fsp3) is 0.391. The van der Waals surface area contributed by atoms with Crippen LogP contribution in [0.1, 0.15) is 35.7 Å². The van der Waals surface area contributed by atoms with E-state index >= 15 is 0 Å². The van der Waals surface area contributed by atoms with Gasteiger partial charge in [0.05, 0.1) is 19.6 Å². The van der Waals surface area contributed by atoms with Crippen molar-refractivity contribution < 1.29 is 24.2 Å².